The van der Waals surface area contributed by atoms with Crippen LogP contribution in [0, 0.1) is 10.1 Å². The van der Waals surface area contributed by atoms with Gasteiger partial charge in [0.25, 0.3) is 5.69 Å². The summed E-state index contributed by atoms with van der Waals surface area (Å²) in [6.07, 6.45) is 0.404. The number of methoxy groups -OCH3 is 1. The highest BCUT2D eigenvalue weighted by atomic mass is 16.6. The number of hydrogen-bond acceptors (Lipinski definition) is 5. The van der Waals surface area contributed by atoms with E-state index in [1.807, 2.05) is 30.3 Å². The molecule has 0 aliphatic heterocycles. The molecule has 2 rings (SSSR count). The molecular formula is C15H13NO5. The summed E-state index contributed by atoms with van der Waals surface area (Å²) in [7, 11) is 1.41. The van der Waals surface area contributed by atoms with Crippen LogP contribution in [-0.4, -0.2) is 18.3 Å². The van der Waals surface area contributed by atoms with E-state index in [0.29, 0.717) is 6.29 Å². The number of rotatable bonds is 6. The van der Waals surface area contributed by atoms with Crippen molar-refractivity contribution < 1.29 is 19.2 Å². The molecule has 0 aliphatic carbocycles. The first-order chi connectivity index (χ1) is 10.2. The van der Waals surface area contributed by atoms with Crippen LogP contribution in [-0.2, 0) is 6.61 Å². The van der Waals surface area contributed by atoms with Gasteiger partial charge in [0, 0.05) is 6.07 Å². The van der Waals surface area contributed by atoms with Gasteiger partial charge in [-0.2, -0.15) is 0 Å². The average molecular weight is 287 g/mol. The van der Waals surface area contributed by atoms with Gasteiger partial charge in [0.15, 0.2) is 17.8 Å². The van der Waals surface area contributed by atoms with Crippen LogP contribution in [0.3, 0.4) is 0 Å². The maximum absolute atomic E-state index is 11.2. The molecule has 0 amide bonds. The molecule has 0 aromatic heterocycles. The van der Waals surface area contributed by atoms with Crippen LogP contribution in [0.25, 0.3) is 0 Å². The molecular weight excluding hydrogens is 274 g/mol. The molecule has 0 atom stereocenters. The van der Waals surface area contributed by atoms with Crippen molar-refractivity contribution in [2.75, 3.05) is 7.11 Å². The SMILES string of the molecule is COc1ccc([N+](=O)[O-])c(C=O)c1OCc1ccccc1. The first-order valence-corrected chi connectivity index (χ1v) is 6.14. The van der Waals surface area contributed by atoms with Gasteiger partial charge in [0.1, 0.15) is 12.2 Å². The van der Waals surface area contributed by atoms with Gasteiger partial charge in [-0.05, 0) is 11.6 Å². The molecule has 0 fully saturated rings. The number of nitrogens with zero attached hydrogens (tertiary/aromatic N) is 1. The second-order valence-corrected chi connectivity index (χ2v) is 4.18. The Balaban J connectivity index is 2.38. The van der Waals surface area contributed by atoms with Crippen molar-refractivity contribution >= 4 is 12.0 Å². The van der Waals surface area contributed by atoms with Gasteiger partial charge in [0.2, 0.25) is 0 Å². The predicted molar refractivity (Wildman–Crippen MR) is 75.8 cm³/mol. The molecule has 0 saturated heterocycles. The van der Waals surface area contributed by atoms with Crippen LogP contribution in [0.1, 0.15) is 15.9 Å². The molecule has 21 heavy (non-hydrogen) atoms. The summed E-state index contributed by atoms with van der Waals surface area (Å²) in [5, 5.41) is 11.0. The van der Waals surface area contributed by atoms with E-state index in [1.165, 1.54) is 19.2 Å². The highest BCUT2D eigenvalue weighted by Crippen LogP contribution is 2.36. The minimum absolute atomic E-state index is 0.0746. The second kappa shape index (κ2) is 6.51. The van der Waals surface area contributed by atoms with E-state index in [-0.39, 0.29) is 29.4 Å². The van der Waals surface area contributed by atoms with E-state index >= 15 is 0 Å². The summed E-state index contributed by atoms with van der Waals surface area (Å²) in [5.74, 6) is 0.351. The van der Waals surface area contributed by atoms with Gasteiger partial charge >= 0.3 is 0 Å². The quantitative estimate of drug-likeness (QED) is 0.463. The van der Waals surface area contributed by atoms with E-state index in [9.17, 15) is 14.9 Å². The van der Waals surface area contributed by atoms with E-state index in [1.54, 1.807) is 0 Å². The smallest absolute Gasteiger partial charge is 0.283 e. The van der Waals surface area contributed by atoms with Gasteiger partial charge in [-0.25, -0.2) is 0 Å². The number of carbonyl (C=O) groups is 1. The Kier molecular flexibility index (Phi) is 4.50. The van der Waals surface area contributed by atoms with Crippen LogP contribution < -0.4 is 9.47 Å². The number of nitro benzene ring substituents is 1. The Morgan fingerprint density at radius 1 is 1.19 bits per heavy atom. The topological polar surface area (TPSA) is 78.7 Å². The van der Waals surface area contributed by atoms with Gasteiger partial charge < -0.3 is 9.47 Å². The third kappa shape index (κ3) is 3.17. The standard InChI is InChI=1S/C15H13NO5/c1-20-14-8-7-13(16(18)19)12(9-17)15(14)21-10-11-5-3-2-4-6-11/h2-9H,10H2,1H3. The Morgan fingerprint density at radius 3 is 2.48 bits per heavy atom. The zero-order valence-corrected chi connectivity index (χ0v) is 11.3. The normalized spacial score (nSPS) is 9.95. The summed E-state index contributed by atoms with van der Waals surface area (Å²) in [6, 6.07) is 11.9. The van der Waals surface area contributed by atoms with Crippen LogP contribution in [0.2, 0.25) is 0 Å². The molecule has 0 heterocycles. The van der Waals surface area contributed by atoms with Crippen molar-refractivity contribution in [3.05, 3.63) is 63.7 Å². The lowest BCUT2D eigenvalue weighted by molar-refractivity contribution is -0.385. The first kappa shape index (κ1) is 14.5. The number of nitro groups is 1. The van der Waals surface area contributed by atoms with Crippen LogP contribution in [0.5, 0.6) is 11.5 Å². The van der Waals surface area contributed by atoms with Crippen molar-refractivity contribution in [1.29, 1.82) is 0 Å². The van der Waals surface area contributed by atoms with E-state index in [4.69, 9.17) is 9.47 Å². The van der Waals surface area contributed by atoms with Crippen molar-refractivity contribution in [2.24, 2.45) is 0 Å². The van der Waals surface area contributed by atoms with Crippen LogP contribution in [0.4, 0.5) is 5.69 Å². The summed E-state index contributed by atoms with van der Waals surface area (Å²) in [6.45, 7) is 0.180. The third-order valence-electron chi connectivity index (χ3n) is 2.90. The van der Waals surface area contributed by atoms with Gasteiger partial charge in [-0.15, -0.1) is 0 Å². The fourth-order valence-corrected chi connectivity index (χ4v) is 1.88. The molecule has 0 radical (unpaired) electrons. The highest BCUT2D eigenvalue weighted by Gasteiger charge is 2.22. The molecule has 6 nitrogen and oxygen atoms in total. The summed E-state index contributed by atoms with van der Waals surface area (Å²) >= 11 is 0. The lowest BCUT2D eigenvalue weighted by Crippen LogP contribution is -2.03. The number of carbonyl (C=O) groups excluding carboxylic acids is 1. The van der Waals surface area contributed by atoms with Crippen LogP contribution in [0.15, 0.2) is 42.5 Å². The van der Waals surface area contributed by atoms with Crippen molar-refractivity contribution in [3.63, 3.8) is 0 Å². The number of ether oxygens (including phenoxy) is 2. The molecule has 0 N–H and O–H groups in total. The average Bonchev–Trinajstić information content (AvgIpc) is 2.52. The molecule has 2 aromatic carbocycles. The molecule has 0 aliphatic rings. The predicted octanol–water partition coefficient (Wildman–Crippen LogP) is 2.99. The maximum atomic E-state index is 11.2. The maximum Gasteiger partial charge on any atom is 0.283 e. The van der Waals surface area contributed by atoms with Gasteiger partial charge in [-0.3, -0.25) is 14.9 Å². The number of hydrogen-bond donors (Lipinski definition) is 0. The highest BCUT2D eigenvalue weighted by molar-refractivity contribution is 5.87. The zero-order chi connectivity index (χ0) is 15.2. The monoisotopic (exact) mass is 287 g/mol. The second-order valence-electron chi connectivity index (χ2n) is 4.18. The lowest BCUT2D eigenvalue weighted by Gasteiger charge is -2.12. The first-order valence-electron chi connectivity index (χ1n) is 6.14. The van der Waals surface area contributed by atoms with Crippen LogP contribution >= 0.6 is 0 Å². The lowest BCUT2D eigenvalue weighted by atomic mass is 10.1. The third-order valence-corrected chi connectivity index (χ3v) is 2.90. The summed E-state index contributed by atoms with van der Waals surface area (Å²) in [4.78, 5) is 21.5. The Labute approximate surface area is 121 Å². The van der Waals surface area contributed by atoms with Gasteiger partial charge in [-0.1, -0.05) is 30.3 Å². The van der Waals surface area contributed by atoms with Crippen molar-refractivity contribution in [1.82, 2.24) is 0 Å². The Morgan fingerprint density at radius 2 is 1.90 bits per heavy atom. The molecule has 0 unspecified atom stereocenters. The van der Waals surface area contributed by atoms with E-state index < -0.39 is 4.92 Å². The minimum atomic E-state index is -0.626. The summed E-state index contributed by atoms with van der Waals surface area (Å²) in [5.41, 5.74) is 0.437. The molecule has 2 aromatic rings. The largest absolute Gasteiger partial charge is 0.493 e. The Bertz CT molecular complexity index is 655. The van der Waals surface area contributed by atoms with Crippen molar-refractivity contribution in [3.8, 4) is 11.5 Å². The fourth-order valence-electron chi connectivity index (χ4n) is 1.88. The summed E-state index contributed by atoms with van der Waals surface area (Å²) < 4.78 is 10.7. The fraction of sp³-hybridized carbons (Fsp3) is 0.133. The number of aldehydes is 1. The van der Waals surface area contributed by atoms with Crippen molar-refractivity contribution in [2.45, 2.75) is 6.61 Å². The van der Waals surface area contributed by atoms with Gasteiger partial charge in [0.05, 0.1) is 12.0 Å². The molecule has 6 heteroatoms. The molecule has 0 spiro atoms. The van der Waals surface area contributed by atoms with E-state index in [2.05, 4.69) is 0 Å². The minimum Gasteiger partial charge on any atom is -0.493 e. The number of benzene rings is 2. The Hall–Kier alpha value is -2.89. The molecule has 0 bridgehead atoms. The van der Waals surface area contributed by atoms with E-state index in [0.717, 1.165) is 5.56 Å². The zero-order valence-electron chi connectivity index (χ0n) is 11.3. The molecule has 0 saturated carbocycles. The molecule has 108 valence electrons.